The number of likely N-dealkylation sites (tertiary alicyclic amines) is 1. The molecule has 7 nitrogen and oxygen atoms in total. The van der Waals surface area contributed by atoms with Gasteiger partial charge in [0.05, 0.1) is 22.4 Å². The highest BCUT2D eigenvalue weighted by molar-refractivity contribution is 7.21. The summed E-state index contributed by atoms with van der Waals surface area (Å²) in [6.45, 7) is 6.10. The fourth-order valence-electron chi connectivity index (χ4n) is 4.82. The number of anilines is 1. The molecule has 5 rings (SSSR count). The molecule has 1 aromatic heterocycles. The molecular weight excluding hydrogens is 446 g/mol. The Morgan fingerprint density at radius 1 is 1.00 bits per heavy atom. The zero-order valence-electron chi connectivity index (χ0n) is 19.6. The molecular formula is C26H31N5O2S. The highest BCUT2D eigenvalue weighted by atomic mass is 32.1. The topological polar surface area (TPSA) is 68.8 Å². The van der Waals surface area contributed by atoms with Gasteiger partial charge in [-0.2, -0.15) is 0 Å². The zero-order valence-corrected chi connectivity index (χ0v) is 20.4. The van der Waals surface area contributed by atoms with Crippen molar-refractivity contribution in [2.75, 3.05) is 44.6 Å². The van der Waals surface area contributed by atoms with Gasteiger partial charge < -0.3 is 15.1 Å². The minimum absolute atomic E-state index is 0.107. The second-order valence-corrected chi connectivity index (χ2v) is 10.2. The third-order valence-electron chi connectivity index (χ3n) is 6.83. The minimum Gasteiger partial charge on any atom is -0.339 e. The van der Waals surface area contributed by atoms with Crippen molar-refractivity contribution in [1.82, 2.24) is 19.7 Å². The lowest BCUT2D eigenvalue weighted by atomic mass is 10.0. The van der Waals surface area contributed by atoms with Crippen molar-refractivity contribution in [3.63, 3.8) is 0 Å². The zero-order chi connectivity index (χ0) is 23.5. The van der Waals surface area contributed by atoms with Crippen LogP contribution in [0.25, 0.3) is 20.8 Å². The van der Waals surface area contributed by atoms with E-state index in [0.29, 0.717) is 38.8 Å². The Kier molecular flexibility index (Phi) is 6.78. The number of urea groups is 1. The van der Waals surface area contributed by atoms with Crippen molar-refractivity contribution in [3.8, 4) is 10.6 Å². The smallest absolute Gasteiger partial charge is 0.321 e. The molecule has 3 heterocycles. The quantitative estimate of drug-likeness (QED) is 0.600. The van der Waals surface area contributed by atoms with Gasteiger partial charge in [0.2, 0.25) is 5.91 Å². The Hall–Kier alpha value is -2.97. The maximum atomic E-state index is 13.0. The minimum atomic E-state index is -0.107. The number of piperazine rings is 1. The van der Waals surface area contributed by atoms with E-state index in [4.69, 9.17) is 4.98 Å². The van der Waals surface area contributed by atoms with E-state index in [-0.39, 0.29) is 11.9 Å². The summed E-state index contributed by atoms with van der Waals surface area (Å²) in [4.78, 5) is 36.6. The lowest BCUT2D eigenvalue weighted by molar-refractivity contribution is -0.136. The van der Waals surface area contributed by atoms with Gasteiger partial charge in [0, 0.05) is 44.3 Å². The molecule has 3 amide bonds. The highest BCUT2D eigenvalue weighted by Gasteiger charge is 2.27. The van der Waals surface area contributed by atoms with Gasteiger partial charge in [0.15, 0.2) is 0 Å². The number of aromatic nitrogens is 1. The Balaban J connectivity index is 1.19. The normalized spacial score (nSPS) is 19.4. The Bertz CT molecular complexity index is 1140. The molecule has 2 aliphatic rings. The largest absolute Gasteiger partial charge is 0.339 e. The van der Waals surface area contributed by atoms with Gasteiger partial charge in [-0.15, -0.1) is 11.3 Å². The number of benzene rings is 2. The monoisotopic (exact) mass is 477 g/mol. The first-order chi connectivity index (χ1) is 16.6. The average Bonchev–Trinajstić information content (AvgIpc) is 3.29. The van der Waals surface area contributed by atoms with Gasteiger partial charge in [0.1, 0.15) is 5.01 Å². The summed E-state index contributed by atoms with van der Waals surface area (Å²) in [5, 5.41) is 3.99. The number of rotatable bonds is 4. The number of fused-ring (bicyclic) bond motifs is 1. The van der Waals surface area contributed by atoms with E-state index < -0.39 is 0 Å². The molecule has 2 fully saturated rings. The molecule has 178 valence electrons. The van der Waals surface area contributed by atoms with Crippen molar-refractivity contribution in [2.45, 2.75) is 32.2 Å². The summed E-state index contributed by atoms with van der Waals surface area (Å²) in [5.41, 5.74) is 2.66. The van der Waals surface area contributed by atoms with E-state index in [0.717, 1.165) is 45.9 Å². The summed E-state index contributed by atoms with van der Waals surface area (Å²) in [6.07, 6.45) is 3.40. The number of carbonyl (C=O) groups excluding carboxylic acids is 2. The van der Waals surface area contributed by atoms with Crippen LogP contribution in [0.15, 0.2) is 48.5 Å². The lowest BCUT2D eigenvalue weighted by Crippen LogP contribution is -2.53. The molecule has 3 aromatic rings. The SMILES string of the molecule is CC1CCCCN1C(=O)CN1CCN(C(=O)Nc2ccccc2-c2nc3ccccc3s2)CC1. The number of hydrogen-bond donors (Lipinski definition) is 1. The first-order valence-electron chi connectivity index (χ1n) is 12.1. The molecule has 0 aliphatic carbocycles. The molecule has 2 aromatic carbocycles. The lowest BCUT2D eigenvalue weighted by Gasteiger charge is -2.38. The summed E-state index contributed by atoms with van der Waals surface area (Å²) in [6, 6.07) is 16.1. The van der Waals surface area contributed by atoms with Crippen LogP contribution in [0.2, 0.25) is 0 Å². The van der Waals surface area contributed by atoms with Crippen LogP contribution in [0.4, 0.5) is 10.5 Å². The molecule has 34 heavy (non-hydrogen) atoms. The number of carbonyl (C=O) groups is 2. The van der Waals surface area contributed by atoms with Gasteiger partial charge in [-0.05, 0) is 50.5 Å². The first-order valence-corrected chi connectivity index (χ1v) is 12.9. The number of thiazole rings is 1. The van der Waals surface area contributed by atoms with E-state index in [9.17, 15) is 9.59 Å². The molecule has 1 unspecified atom stereocenters. The van der Waals surface area contributed by atoms with E-state index in [1.807, 2.05) is 52.3 Å². The van der Waals surface area contributed by atoms with Gasteiger partial charge in [-0.3, -0.25) is 9.69 Å². The molecule has 0 radical (unpaired) electrons. The van der Waals surface area contributed by atoms with Gasteiger partial charge >= 0.3 is 6.03 Å². The Labute approximate surface area is 204 Å². The summed E-state index contributed by atoms with van der Waals surface area (Å²) < 4.78 is 1.13. The summed E-state index contributed by atoms with van der Waals surface area (Å²) in [5.74, 6) is 0.217. The van der Waals surface area contributed by atoms with Crippen LogP contribution in [-0.4, -0.2) is 76.9 Å². The number of nitrogens with one attached hydrogen (secondary N) is 1. The molecule has 1 atom stereocenters. The number of piperidine rings is 1. The van der Waals surface area contributed by atoms with E-state index in [1.165, 1.54) is 6.42 Å². The fraction of sp³-hybridized carbons (Fsp3) is 0.423. The Morgan fingerprint density at radius 2 is 1.76 bits per heavy atom. The molecule has 0 saturated carbocycles. The van der Waals surface area contributed by atoms with Crippen LogP contribution >= 0.6 is 11.3 Å². The summed E-state index contributed by atoms with van der Waals surface area (Å²) in [7, 11) is 0. The second-order valence-electron chi connectivity index (χ2n) is 9.16. The van der Waals surface area contributed by atoms with Gasteiger partial charge in [0.25, 0.3) is 0 Å². The van der Waals surface area contributed by atoms with Crippen LogP contribution in [0.5, 0.6) is 0 Å². The van der Waals surface area contributed by atoms with Crippen molar-refractivity contribution in [1.29, 1.82) is 0 Å². The van der Waals surface area contributed by atoms with Crippen molar-refractivity contribution in [3.05, 3.63) is 48.5 Å². The van der Waals surface area contributed by atoms with E-state index in [1.54, 1.807) is 11.3 Å². The maximum Gasteiger partial charge on any atom is 0.321 e. The third kappa shape index (κ3) is 4.93. The third-order valence-corrected chi connectivity index (χ3v) is 7.90. The molecule has 2 saturated heterocycles. The predicted molar refractivity (Wildman–Crippen MR) is 137 cm³/mol. The van der Waals surface area contributed by atoms with E-state index >= 15 is 0 Å². The predicted octanol–water partition coefficient (Wildman–Crippen LogP) is 4.51. The molecule has 0 bridgehead atoms. The van der Waals surface area contributed by atoms with Crippen molar-refractivity contribution < 1.29 is 9.59 Å². The van der Waals surface area contributed by atoms with Crippen molar-refractivity contribution in [2.24, 2.45) is 0 Å². The summed E-state index contributed by atoms with van der Waals surface area (Å²) >= 11 is 1.63. The number of nitrogens with zero attached hydrogens (tertiary/aromatic N) is 4. The standard InChI is InChI=1S/C26H31N5O2S/c1-19-8-6-7-13-31(19)24(32)18-29-14-16-30(17-15-29)26(33)28-21-10-3-2-9-20(21)25-27-22-11-4-5-12-23(22)34-25/h2-5,9-12,19H,6-8,13-18H2,1H3,(H,28,33). The van der Waals surface area contributed by atoms with E-state index in [2.05, 4.69) is 23.2 Å². The van der Waals surface area contributed by atoms with Crippen LogP contribution in [0, 0.1) is 0 Å². The second kappa shape index (κ2) is 10.1. The van der Waals surface area contributed by atoms with Crippen LogP contribution < -0.4 is 5.32 Å². The fourth-order valence-corrected chi connectivity index (χ4v) is 5.83. The van der Waals surface area contributed by atoms with Crippen LogP contribution in [0.3, 0.4) is 0 Å². The van der Waals surface area contributed by atoms with Crippen molar-refractivity contribution >= 4 is 39.2 Å². The van der Waals surface area contributed by atoms with Crippen LogP contribution in [-0.2, 0) is 4.79 Å². The van der Waals surface area contributed by atoms with Crippen LogP contribution in [0.1, 0.15) is 26.2 Å². The van der Waals surface area contributed by atoms with Gasteiger partial charge in [-0.25, -0.2) is 9.78 Å². The molecule has 2 aliphatic heterocycles. The number of para-hydroxylation sites is 2. The average molecular weight is 478 g/mol. The van der Waals surface area contributed by atoms with Gasteiger partial charge in [-0.1, -0.05) is 24.3 Å². The maximum absolute atomic E-state index is 13.0. The number of amides is 3. The molecule has 8 heteroatoms. The molecule has 1 N–H and O–H groups in total. The highest BCUT2D eigenvalue weighted by Crippen LogP contribution is 2.34. The Morgan fingerprint density at radius 3 is 2.56 bits per heavy atom. The molecule has 0 spiro atoms. The first kappa shape index (κ1) is 22.8. The number of hydrogen-bond acceptors (Lipinski definition) is 5.